The summed E-state index contributed by atoms with van der Waals surface area (Å²) in [5.74, 6) is 0.891. The first kappa shape index (κ1) is 14.5. The third-order valence-electron chi connectivity index (χ3n) is 4.44. The van der Waals surface area contributed by atoms with Crippen molar-refractivity contribution in [3.63, 3.8) is 0 Å². The normalized spacial score (nSPS) is 21.7. The summed E-state index contributed by atoms with van der Waals surface area (Å²) in [6, 6.07) is 7.84. The maximum atomic E-state index is 12.5. The summed E-state index contributed by atoms with van der Waals surface area (Å²) in [5, 5.41) is 4.30. The Balaban J connectivity index is 1.53. The molecule has 3 heterocycles. The zero-order valence-electron chi connectivity index (χ0n) is 13.0. The van der Waals surface area contributed by atoms with Gasteiger partial charge in [-0.25, -0.2) is 0 Å². The number of nitrogens with zero attached hydrogens (tertiary/aromatic N) is 1. The fourth-order valence-electron chi connectivity index (χ4n) is 3.16. The van der Waals surface area contributed by atoms with E-state index in [-0.39, 0.29) is 12.0 Å². The highest BCUT2D eigenvalue weighted by molar-refractivity contribution is 5.98. The Hall–Kier alpha value is -2.05. The zero-order chi connectivity index (χ0) is 15.6. The summed E-state index contributed by atoms with van der Waals surface area (Å²) in [7, 11) is 0. The number of aromatic nitrogens is 1. The Kier molecular flexibility index (Phi) is 3.93. The van der Waals surface area contributed by atoms with Crippen LogP contribution in [0.3, 0.4) is 0 Å². The molecule has 23 heavy (non-hydrogen) atoms. The highest BCUT2D eigenvalue weighted by Gasteiger charge is 2.20. The second-order valence-corrected chi connectivity index (χ2v) is 6.07. The van der Waals surface area contributed by atoms with E-state index < -0.39 is 0 Å². The molecule has 2 aromatic rings. The van der Waals surface area contributed by atoms with Gasteiger partial charge in [0.05, 0.1) is 13.2 Å². The van der Waals surface area contributed by atoms with Gasteiger partial charge in [0.1, 0.15) is 17.5 Å². The quantitative estimate of drug-likeness (QED) is 0.898. The monoisotopic (exact) mass is 315 g/mol. The number of morpholine rings is 1. The number of carbonyl (C=O) groups excluding carboxylic acids is 1. The van der Waals surface area contributed by atoms with E-state index in [1.165, 1.54) is 0 Å². The minimum absolute atomic E-state index is 0.0342. The molecule has 1 atom stereocenters. The second-order valence-electron chi connectivity index (χ2n) is 6.07. The number of H-pyrrole nitrogens is 1. The lowest BCUT2D eigenvalue weighted by molar-refractivity contribution is 0.0299. The van der Waals surface area contributed by atoms with Crippen molar-refractivity contribution >= 4 is 16.8 Å². The van der Waals surface area contributed by atoms with Crippen molar-refractivity contribution in [2.75, 3.05) is 39.4 Å². The van der Waals surface area contributed by atoms with E-state index in [0.717, 1.165) is 36.2 Å². The van der Waals surface area contributed by atoms with Crippen LogP contribution in [0.15, 0.2) is 24.3 Å². The third kappa shape index (κ3) is 3.04. The summed E-state index contributed by atoms with van der Waals surface area (Å²) < 4.78 is 11.3. The maximum absolute atomic E-state index is 12.5. The molecule has 1 unspecified atom stereocenters. The molecule has 122 valence electrons. The summed E-state index contributed by atoms with van der Waals surface area (Å²) in [6.45, 7) is 4.43. The summed E-state index contributed by atoms with van der Waals surface area (Å²) in [4.78, 5) is 17.6. The topological polar surface area (TPSA) is 66.6 Å². The Morgan fingerprint density at radius 1 is 1.26 bits per heavy atom. The van der Waals surface area contributed by atoms with Crippen molar-refractivity contribution in [1.29, 1.82) is 0 Å². The van der Waals surface area contributed by atoms with Gasteiger partial charge in [0.15, 0.2) is 0 Å². The first-order chi connectivity index (χ1) is 11.3. The highest BCUT2D eigenvalue weighted by atomic mass is 16.5. The molecule has 0 radical (unpaired) electrons. The van der Waals surface area contributed by atoms with E-state index in [1.54, 1.807) is 0 Å². The number of nitrogens with one attached hydrogen (secondary N) is 2. The van der Waals surface area contributed by atoms with Crippen molar-refractivity contribution in [3.8, 4) is 5.75 Å². The lowest BCUT2D eigenvalue weighted by Gasteiger charge is -2.26. The minimum Gasteiger partial charge on any atom is -0.489 e. The smallest absolute Gasteiger partial charge is 0.270 e. The number of rotatable bonds is 3. The van der Waals surface area contributed by atoms with Gasteiger partial charge in [0.25, 0.3) is 5.91 Å². The molecular weight excluding hydrogens is 294 g/mol. The van der Waals surface area contributed by atoms with Crippen LogP contribution in [0.25, 0.3) is 10.9 Å². The molecule has 0 saturated carbocycles. The Labute approximate surface area is 134 Å². The predicted molar refractivity (Wildman–Crippen MR) is 86.9 cm³/mol. The molecule has 6 heteroatoms. The molecule has 2 aliphatic heterocycles. The van der Waals surface area contributed by atoms with Crippen LogP contribution in [-0.2, 0) is 4.74 Å². The number of benzene rings is 1. The van der Waals surface area contributed by atoms with Crippen LogP contribution in [0.2, 0.25) is 0 Å². The van der Waals surface area contributed by atoms with E-state index in [0.29, 0.717) is 32.0 Å². The lowest BCUT2D eigenvalue weighted by Crippen LogP contribution is -2.40. The van der Waals surface area contributed by atoms with Gasteiger partial charge in [-0.05, 0) is 37.2 Å². The Morgan fingerprint density at radius 2 is 2.13 bits per heavy atom. The standard InChI is InChI=1S/C17H21N3O3/c21-17(20-5-7-22-8-6-20)16-10-12-9-13(1-2-15(12)19-16)23-14-3-4-18-11-14/h1-2,9-10,14,18-19H,3-8,11H2. The van der Waals surface area contributed by atoms with Crippen LogP contribution in [-0.4, -0.2) is 61.3 Å². The van der Waals surface area contributed by atoms with Crippen molar-refractivity contribution in [2.45, 2.75) is 12.5 Å². The van der Waals surface area contributed by atoms with E-state index in [4.69, 9.17) is 9.47 Å². The number of hydrogen-bond donors (Lipinski definition) is 2. The minimum atomic E-state index is 0.0342. The summed E-state index contributed by atoms with van der Waals surface area (Å²) in [6.07, 6.45) is 1.27. The van der Waals surface area contributed by atoms with Crippen LogP contribution in [0.4, 0.5) is 0 Å². The van der Waals surface area contributed by atoms with Gasteiger partial charge < -0.3 is 24.7 Å². The van der Waals surface area contributed by atoms with E-state index in [2.05, 4.69) is 10.3 Å². The SMILES string of the molecule is O=C(c1cc2cc(OC3CCNC3)ccc2[nH]1)N1CCOCC1. The average molecular weight is 315 g/mol. The van der Waals surface area contributed by atoms with Gasteiger partial charge in [-0.15, -0.1) is 0 Å². The van der Waals surface area contributed by atoms with Crippen LogP contribution in [0, 0.1) is 0 Å². The molecule has 1 aromatic carbocycles. The van der Waals surface area contributed by atoms with Crippen LogP contribution >= 0.6 is 0 Å². The highest BCUT2D eigenvalue weighted by Crippen LogP contribution is 2.24. The lowest BCUT2D eigenvalue weighted by atomic mass is 10.2. The molecule has 0 bridgehead atoms. The number of ether oxygens (including phenoxy) is 2. The van der Waals surface area contributed by atoms with Gasteiger partial charge in [0.2, 0.25) is 0 Å². The van der Waals surface area contributed by atoms with E-state index in [1.807, 2.05) is 29.2 Å². The third-order valence-corrected chi connectivity index (χ3v) is 4.44. The van der Waals surface area contributed by atoms with Gasteiger partial charge >= 0.3 is 0 Å². The van der Waals surface area contributed by atoms with E-state index >= 15 is 0 Å². The number of carbonyl (C=O) groups is 1. The summed E-state index contributed by atoms with van der Waals surface area (Å²) >= 11 is 0. The van der Waals surface area contributed by atoms with Gasteiger partial charge in [-0.1, -0.05) is 0 Å². The number of fused-ring (bicyclic) bond motifs is 1. The molecule has 1 aromatic heterocycles. The number of hydrogen-bond acceptors (Lipinski definition) is 4. The molecule has 2 N–H and O–H groups in total. The maximum Gasteiger partial charge on any atom is 0.270 e. The van der Waals surface area contributed by atoms with Crippen LogP contribution in [0.1, 0.15) is 16.9 Å². The van der Waals surface area contributed by atoms with Crippen LogP contribution in [0.5, 0.6) is 5.75 Å². The average Bonchev–Trinajstić information content (AvgIpc) is 3.24. The Bertz CT molecular complexity index is 700. The van der Waals surface area contributed by atoms with Crippen molar-refractivity contribution in [3.05, 3.63) is 30.0 Å². The largest absolute Gasteiger partial charge is 0.489 e. The fraction of sp³-hybridized carbons (Fsp3) is 0.471. The van der Waals surface area contributed by atoms with E-state index in [9.17, 15) is 4.79 Å². The Morgan fingerprint density at radius 3 is 2.91 bits per heavy atom. The molecular formula is C17H21N3O3. The molecule has 1 amide bonds. The van der Waals surface area contributed by atoms with Crippen LogP contribution < -0.4 is 10.1 Å². The zero-order valence-corrected chi connectivity index (χ0v) is 13.0. The molecule has 4 rings (SSSR count). The first-order valence-corrected chi connectivity index (χ1v) is 8.17. The fourth-order valence-corrected chi connectivity index (χ4v) is 3.16. The number of aromatic amines is 1. The van der Waals surface area contributed by atoms with Crippen molar-refractivity contribution in [2.24, 2.45) is 0 Å². The molecule has 2 saturated heterocycles. The molecule has 0 aliphatic carbocycles. The van der Waals surface area contributed by atoms with Crippen molar-refractivity contribution < 1.29 is 14.3 Å². The van der Waals surface area contributed by atoms with Gasteiger partial charge in [0, 0.05) is 30.5 Å². The van der Waals surface area contributed by atoms with Crippen molar-refractivity contribution in [1.82, 2.24) is 15.2 Å². The second kappa shape index (κ2) is 6.22. The molecule has 2 fully saturated rings. The van der Waals surface area contributed by atoms with Gasteiger partial charge in [-0.3, -0.25) is 4.79 Å². The molecule has 2 aliphatic rings. The first-order valence-electron chi connectivity index (χ1n) is 8.17. The predicted octanol–water partition coefficient (Wildman–Crippen LogP) is 1.38. The van der Waals surface area contributed by atoms with Gasteiger partial charge in [-0.2, -0.15) is 0 Å². The summed E-state index contributed by atoms with van der Waals surface area (Å²) in [5.41, 5.74) is 1.58. The molecule has 6 nitrogen and oxygen atoms in total. The number of amides is 1. The molecule has 0 spiro atoms.